The lowest BCUT2D eigenvalue weighted by Gasteiger charge is -2.14. The Morgan fingerprint density at radius 3 is 2.70 bits per heavy atom. The van der Waals surface area contributed by atoms with Crippen molar-refractivity contribution in [1.82, 2.24) is 9.55 Å². The maximum Gasteiger partial charge on any atom is 0.333 e. The second kappa shape index (κ2) is 6.34. The third-order valence-electron chi connectivity index (χ3n) is 3.70. The average molecular weight is 394 g/mol. The summed E-state index contributed by atoms with van der Waals surface area (Å²) in [5.74, 6) is 0. The molecule has 3 rings (SSSR count). The summed E-state index contributed by atoms with van der Waals surface area (Å²) >= 11 is 9.45. The molecule has 118 valence electrons. The molecule has 4 nitrogen and oxygen atoms in total. The molecule has 0 radical (unpaired) electrons. The van der Waals surface area contributed by atoms with Gasteiger partial charge in [0.05, 0.1) is 21.6 Å². The minimum absolute atomic E-state index is 0.379. The lowest BCUT2D eigenvalue weighted by Crippen LogP contribution is -2.29. The highest BCUT2D eigenvalue weighted by Crippen LogP contribution is 2.27. The third kappa shape index (κ3) is 2.86. The van der Waals surface area contributed by atoms with Crippen LogP contribution < -0.4 is 11.2 Å². The number of nitrogens with zero attached hydrogens (tertiary/aromatic N) is 1. The van der Waals surface area contributed by atoms with Gasteiger partial charge in [-0.2, -0.15) is 0 Å². The Labute approximate surface area is 145 Å². The Kier molecular flexibility index (Phi) is 4.41. The number of halogens is 2. The first-order valence-corrected chi connectivity index (χ1v) is 8.42. The number of rotatable bonds is 3. The van der Waals surface area contributed by atoms with Crippen LogP contribution in [0.2, 0.25) is 5.02 Å². The first-order chi connectivity index (χ1) is 11.0. The Balaban J connectivity index is 2.45. The van der Waals surface area contributed by atoms with Gasteiger partial charge in [0.25, 0.3) is 5.56 Å². The molecule has 1 aromatic heterocycles. The normalized spacial score (nSPS) is 11.1. The highest BCUT2D eigenvalue weighted by Gasteiger charge is 2.14. The zero-order valence-electron chi connectivity index (χ0n) is 12.4. The van der Waals surface area contributed by atoms with Crippen LogP contribution in [0.5, 0.6) is 0 Å². The van der Waals surface area contributed by atoms with E-state index in [1.165, 1.54) is 4.57 Å². The topological polar surface area (TPSA) is 54.9 Å². The van der Waals surface area contributed by atoms with Crippen LogP contribution in [0.25, 0.3) is 16.6 Å². The SMILES string of the molecule is CCCc1ccccc1-n1c(=O)[nH]c(=O)c2cc(Cl)c(Br)cc21. The largest absolute Gasteiger partial charge is 0.333 e. The van der Waals surface area contributed by atoms with E-state index in [0.717, 1.165) is 24.1 Å². The molecule has 0 amide bonds. The van der Waals surface area contributed by atoms with Crippen molar-refractivity contribution in [3.63, 3.8) is 0 Å². The molecule has 0 aliphatic heterocycles. The average Bonchev–Trinajstić information content (AvgIpc) is 2.51. The minimum Gasteiger partial charge on any atom is -0.273 e. The van der Waals surface area contributed by atoms with Crippen molar-refractivity contribution in [1.29, 1.82) is 0 Å². The van der Waals surface area contributed by atoms with Crippen molar-refractivity contribution >= 4 is 38.4 Å². The number of aromatic nitrogens is 2. The molecule has 0 fully saturated rings. The summed E-state index contributed by atoms with van der Waals surface area (Å²) in [6.45, 7) is 2.08. The maximum absolute atomic E-state index is 12.5. The second-order valence-corrected chi connectivity index (χ2v) is 6.52. The van der Waals surface area contributed by atoms with Crippen molar-refractivity contribution in [3.05, 3.63) is 72.3 Å². The molecular formula is C17H14BrClN2O2. The molecule has 6 heteroatoms. The van der Waals surface area contributed by atoms with Gasteiger partial charge in [0.15, 0.2) is 0 Å². The number of aryl methyl sites for hydroxylation is 1. The monoisotopic (exact) mass is 392 g/mol. The third-order valence-corrected chi connectivity index (χ3v) is 4.90. The van der Waals surface area contributed by atoms with Crippen molar-refractivity contribution < 1.29 is 0 Å². The van der Waals surface area contributed by atoms with Gasteiger partial charge in [0, 0.05) is 4.47 Å². The second-order valence-electron chi connectivity index (χ2n) is 5.26. The highest BCUT2D eigenvalue weighted by molar-refractivity contribution is 9.10. The van der Waals surface area contributed by atoms with Gasteiger partial charge < -0.3 is 0 Å². The van der Waals surface area contributed by atoms with E-state index in [9.17, 15) is 9.59 Å². The molecular weight excluding hydrogens is 380 g/mol. The van der Waals surface area contributed by atoms with Gasteiger partial charge in [0.1, 0.15) is 0 Å². The van der Waals surface area contributed by atoms with E-state index in [1.54, 1.807) is 12.1 Å². The van der Waals surface area contributed by atoms with Crippen molar-refractivity contribution in [2.24, 2.45) is 0 Å². The predicted molar refractivity (Wildman–Crippen MR) is 96.9 cm³/mol. The molecule has 0 atom stereocenters. The summed E-state index contributed by atoms with van der Waals surface area (Å²) in [5, 5.41) is 0.805. The Bertz CT molecular complexity index is 1010. The molecule has 2 aromatic carbocycles. The standard InChI is InChI=1S/C17H14BrClN2O2/c1-2-5-10-6-3-4-7-14(10)21-15-9-12(18)13(19)8-11(15)16(22)20-17(21)23/h3-4,6-9H,2,5H2,1H3,(H,20,22,23). The number of benzene rings is 2. The van der Waals surface area contributed by atoms with Crippen LogP contribution in [0.3, 0.4) is 0 Å². The molecule has 3 aromatic rings. The number of hydrogen-bond acceptors (Lipinski definition) is 2. The van der Waals surface area contributed by atoms with Crippen LogP contribution in [0.4, 0.5) is 0 Å². The highest BCUT2D eigenvalue weighted by atomic mass is 79.9. The predicted octanol–water partition coefficient (Wildman–Crippen LogP) is 4.05. The Hall–Kier alpha value is -1.85. The van der Waals surface area contributed by atoms with Gasteiger partial charge in [-0.3, -0.25) is 14.3 Å². The van der Waals surface area contributed by atoms with E-state index in [0.29, 0.717) is 20.4 Å². The van der Waals surface area contributed by atoms with Gasteiger partial charge in [-0.15, -0.1) is 0 Å². The zero-order valence-corrected chi connectivity index (χ0v) is 14.7. The Morgan fingerprint density at radius 1 is 1.22 bits per heavy atom. The van der Waals surface area contributed by atoms with Crippen LogP contribution in [-0.2, 0) is 6.42 Å². The first kappa shape index (κ1) is 16.0. The lowest BCUT2D eigenvalue weighted by atomic mass is 10.1. The Morgan fingerprint density at radius 2 is 1.96 bits per heavy atom. The van der Waals surface area contributed by atoms with E-state index in [4.69, 9.17) is 11.6 Å². The maximum atomic E-state index is 12.5. The molecule has 0 spiro atoms. The van der Waals surface area contributed by atoms with Crippen molar-refractivity contribution in [2.45, 2.75) is 19.8 Å². The number of hydrogen-bond donors (Lipinski definition) is 1. The van der Waals surface area contributed by atoms with E-state index in [2.05, 4.69) is 27.8 Å². The molecule has 23 heavy (non-hydrogen) atoms. The number of nitrogens with one attached hydrogen (secondary N) is 1. The van der Waals surface area contributed by atoms with Crippen LogP contribution >= 0.6 is 27.5 Å². The molecule has 0 unspecified atom stereocenters. The molecule has 0 bridgehead atoms. The van der Waals surface area contributed by atoms with Gasteiger partial charge in [0.2, 0.25) is 0 Å². The van der Waals surface area contributed by atoms with Crippen molar-refractivity contribution in [2.75, 3.05) is 0 Å². The number of fused-ring (bicyclic) bond motifs is 1. The van der Waals surface area contributed by atoms with Gasteiger partial charge in [-0.25, -0.2) is 4.79 Å². The quantitative estimate of drug-likeness (QED) is 0.730. The van der Waals surface area contributed by atoms with Gasteiger partial charge in [-0.05, 0) is 46.1 Å². The van der Waals surface area contributed by atoms with Gasteiger partial charge in [-0.1, -0.05) is 43.1 Å². The number of para-hydroxylation sites is 1. The summed E-state index contributed by atoms with van der Waals surface area (Å²) in [5.41, 5.74) is 1.45. The zero-order chi connectivity index (χ0) is 16.6. The van der Waals surface area contributed by atoms with E-state index in [-0.39, 0.29) is 0 Å². The molecule has 0 aliphatic rings. The smallest absolute Gasteiger partial charge is 0.273 e. The molecule has 0 aliphatic carbocycles. The lowest BCUT2D eigenvalue weighted by molar-refractivity contribution is 0.878. The fourth-order valence-corrected chi connectivity index (χ4v) is 3.18. The van der Waals surface area contributed by atoms with Gasteiger partial charge >= 0.3 is 5.69 Å². The fourth-order valence-electron chi connectivity index (χ4n) is 2.68. The van der Waals surface area contributed by atoms with Crippen molar-refractivity contribution in [3.8, 4) is 5.69 Å². The molecule has 0 saturated carbocycles. The number of aromatic amines is 1. The van der Waals surface area contributed by atoms with E-state index in [1.807, 2.05) is 24.3 Å². The molecule has 1 heterocycles. The summed E-state index contributed by atoms with van der Waals surface area (Å²) in [6, 6.07) is 11.0. The number of H-pyrrole nitrogens is 1. The summed E-state index contributed by atoms with van der Waals surface area (Å²) < 4.78 is 2.17. The molecule has 1 N–H and O–H groups in total. The van der Waals surface area contributed by atoms with E-state index >= 15 is 0 Å². The van der Waals surface area contributed by atoms with Crippen LogP contribution in [0.15, 0.2) is 50.5 Å². The summed E-state index contributed by atoms with van der Waals surface area (Å²) in [7, 11) is 0. The summed E-state index contributed by atoms with van der Waals surface area (Å²) in [4.78, 5) is 27.0. The molecule has 0 saturated heterocycles. The van der Waals surface area contributed by atoms with Crippen LogP contribution in [0.1, 0.15) is 18.9 Å². The minimum atomic E-state index is -0.458. The fraction of sp³-hybridized carbons (Fsp3) is 0.176. The van der Waals surface area contributed by atoms with E-state index < -0.39 is 11.2 Å². The summed E-state index contributed by atoms with van der Waals surface area (Å²) in [6.07, 6.45) is 1.81. The van der Waals surface area contributed by atoms with Crippen LogP contribution in [0, 0.1) is 0 Å². The van der Waals surface area contributed by atoms with Crippen LogP contribution in [-0.4, -0.2) is 9.55 Å². The first-order valence-electron chi connectivity index (χ1n) is 7.25.